The Bertz CT molecular complexity index is 878. The number of aryl methyl sites for hydroxylation is 2. The lowest BCUT2D eigenvalue weighted by Crippen LogP contribution is -2.15. The largest absolute Gasteiger partial charge is 0.317 e. The van der Waals surface area contributed by atoms with Gasteiger partial charge in [0.15, 0.2) is 5.69 Å². The number of hydrogen-bond acceptors (Lipinski definition) is 4. The third-order valence-electron chi connectivity index (χ3n) is 4.12. The molecule has 0 aliphatic carbocycles. The average molecular weight is 324 g/mol. The van der Waals surface area contributed by atoms with Crippen LogP contribution in [0.1, 0.15) is 33.1 Å². The molecule has 2 heterocycles. The van der Waals surface area contributed by atoms with Crippen LogP contribution in [0.5, 0.6) is 0 Å². The van der Waals surface area contributed by atoms with Crippen molar-refractivity contribution < 1.29 is 4.79 Å². The summed E-state index contributed by atoms with van der Waals surface area (Å²) in [5.74, 6) is -0.272. The predicted octanol–water partition coefficient (Wildman–Crippen LogP) is 2.24. The highest BCUT2D eigenvalue weighted by Crippen LogP contribution is 2.19. The maximum absolute atomic E-state index is 12.6. The fourth-order valence-electron chi connectivity index (χ4n) is 2.60. The highest BCUT2D eigenvalue weighted by atomic mass is 16.2. The molecule has 2 aromatic heterocycles. The molecule has 0 spiro atoms. The van der Waals surface area contributed by atoms with Crippen LogP contribution in [0.3, 0.4) is 0 Å². The number of carbonyl (C=O) groups excluding carboxylic acids is 1. The van der Waals surface area contributed by atoms with Crippen molar-refractivity contribution in [3.63, 3.8) is 0 Å². The van der Waals surface area contributed by atoms with E-state index in [1.165, 1.54) is 0 Å². The second kappa shape index (κ2) is 6.27. The third kappa shape index (κ3) is 2.92. The first-order valence-corrected chi connectivity index (χ1v) is 7.73. The molecule has 124 valence electrons. The Kier molecular flexibility index (Phi) is 4.16. The smallest absolute Gasteiger partial charge is 0.278 e. The van der Waals surface area contributed by atoms with Crippen molar-refractivity contribution in [1.82, 2.24) is 24.8 Å². The van der Waals surface area contributed by atoms with E-state index in [2.05, 4.69) is 20.7 Å². The first-order chi connectivity index (χ1) is 11.5. The second-order valence-corrected chi connectivity index (χ2v) is 5.79. The molecular formula is C17H20N6O. The summed E-state index contributed by atoms with van der Waals surface area (Å²) < 4.78 is 3.47. The zero-order chi connectivity index (χ0) is 17.3. The first-order valence-electron chi connectivity index (χ1n) is 7.73. The van der Waals surface area contributed by atoms with E-state index in [1.807, 2.05) is 58.2 Å². The highest BCUT2D eigenvalue weighted by Gasteiger charge is 2.19. The maximum atomic E-state index is 12.6. The molecule has 0 aliphatic rings. The lowest BCUT2D eigenvalue weighted by molar-refractivity contribution is 0.102. The van der Waals surface area contributed by atoms with Crippen LogP contribution in [0, 0.1) is 20.8 Å². The number of rotatable bonds is 4. The van der Waals surface area contributed by atoms with Gasteiger partial charge in [0.05, 0.1) is 29.3 Å². The zero-order valence-electron chi connectivity index (χ0n) is 14.2. The van der Waals surface area contributed by atoms with Crippen molar-refractivity contribution in [1.29, 1.82) is 0 Å². The van der Waals surface area contributed by atoms with Crippen LogP contribution in [-0.2, 0) is 13.6 Å². The maximum Gasteiger partial charge on any atom is 0.278 e. The molecule has 0 atom stereocenters. The fourth-order valence-corrected chi connectivity index (χ4v) is 2.60. The minimum absolute atomic E-state index is 0.272. The quantitative estimate of drug-likeness (QED) is 0.798. The fraction of sp³-hybridized carbons (Fsp3) is 0.294. The van der Waals surface area contributed by atoms with Crippen molar-refractivity contribution >= 4 is 11.6 Å². The van der Waals surface area contributed by atoms with Crippen LogP contribution in [-0.4, -0.2) is 30.7 Å². The van der Waals surface area contributed by atoms with E-state index in [4.69, 9.17) is 0 Å². The highest BCUT2D eigenvalue weighted by molar-refractivity contribution is 6.04. The molecule has 3 aromatic rings. The van der Waals surface area contributed by atoms with Crippen LogP contribution < -0.4 is 5.32 Å². The normalized spacial score (nSPS) is 10.8. The summed E-state index contributed by atoms with van der Waals surface area (Å²) >= 11 is 0. The lowest BCUT2D eigenvalue weighted by atomic mass is 10.2. The summed E-state index contributed by atoms with van der Waals surface area (Å²) in [5.41, 5.74) is 4.56. The van der Waals surface area contributed by atoms with Crippen molar-refractivity contribution in [2.24, 2.45) is 7.05 Å². The van der Waals surface area contributed by atoms with Crippen LogP contribution in [0.25, 0.3) is 0 Å². The second-order valence-electron chi connectivity index (χ2n) is 5.79. The van der Waals surface area contributed by atoms with Crippen molar-refractivity contribution in [3.05, 3.63) is 58.7 Å². The number of anilines is 1. The molecule has 1 amide bonds. The van der Waals surface area contributed by atoms with E-state index in [0.29, 0.717) is 12.2 Å². The summed E-state index contributed by atoms with van der Waals surface area (Å²) in [4.78, 5) is 12.6. The van der Waals surface area contributed by atoms with Gasteiger partial charge in [0, 0.05) is 7.05 Å². The van der Waals surface area contributed by atoms with Crippen molar-refractivity contribution in [2.75, 3.05) is 5.32 Å². The Morgan fingerprint density at radius 1 is 1.12 bits per heavy atom. The topological polar surface area (TPSA) is 77.6 Å². The van der Waals surface area contributed by atoms with Gasteiger partial charge < -0.3 is 5.32 Å². The summed E-state index contributed by atoms with van der Waals surface area (Å²) in [6, 6.07) is 9.95. The monoisotopic (exact) mass is 324 g/mol. The first kappa shape index (κ1) is 15.9. The standard InChI is InChI=1S/C17H20N6O/c1-11-15(12(2)22(4)20-11)18-17(24)16-13(3)23(21-19-16)10-14-8-6-5-7-9-14/h5-9H,10H2,1-4H3,(H,18,24). The molecule has 1 N–H and O–H groups in total. The van der Waals surface area contributed by atoms with E-state index < -0.39 is 0 Å². The van der Waals surface area contributed by atoms with Gasteiger partial charge in [0.1, 0.15) is 0 Å². The summed E-state index contributed by atoms with van der Waals surface area (Å²) in [6.45, 7) is 6.20. The van der Waals surface area contributed by atoms with Gasteiger partial charge in [-0.2, -0.15) is 5.10 Å². The summed E-state index contributed by atoms with van der Waals surface area (Å²) in [5, 5.41) is 15.4. The molecule has 7 heteroatoms. The molecule has 1 aromatic carbocycles. The number of aromatic nitrogens is 5. The number of amides is 1. The van der Waals surface area contributed by atoms with Gasteiger partial charge in [-0.05, 0) is 26.3 Å². The predicted molar refractivity (Wildman–Crippen MR) is 90.9 cm³/mol. The number of nitrogens with zero attached hydrogens (tertiary/aromatic N) is 5. The van der Waals surface area contributed by atoms with E-state index in [9.17, 15) is 4.79 Å². The summed E-state index contributed by atoms with van der Waals surface area (Å²) in [7, 11) is 1.85. The minimum atomic E-state index is -0.272. The molecule has 0 unspecified atom stereocenters. The SMILES string of the molecule is Cc1nn(C)c(C)c1NC(=O)c1nnn(Cc2ccccc2)c1C. The summed E-state index contributed by atoms with van der Waals surface area (Å²) in [6.07, 6.45) is 0. The van der Waals surface area contributed by atoms with Gasteiger partial charge in [-0.25, -0.2) is 4.68 Å². The van der Waals surface area contributed by atoms with Crippen molar-refractivity contribution in [2.45, 2.75) is 27.3 Å². The average Bonchev–Trinajstić information content (AvgIpc) is 3.03. The number of nitrogens with one attached hydrogen (secondary N) is 1. The Morgan fingerprint density at radius 3 is 2.46 bits per heavy atom. The van der Waals surface area contributed by atoms with Gasteiger partial charge in [0.2, 0.25) is 0 Å². The van der Waals surface area contributed by atoms with E-state index in [-0.39, 0.29) is 5.91 Å². The Hall–Kier alpha value is -2.96. The lowest BCUT2D eigenvalue weighted by Gasteiger charge is -2.06. The van der Waals surface area contributed by atoms with E-state index in [1.54, 1.807) is 9.36 Å². The Labute approximate surface area is 140 Å². The van der Waals surface area contributed by atoms with E-state index in [0.717, 1.165) is 28.3 Å². The van der Waals surface area contributed by atoms with Gasteiger partial charge in [0.25, 0.3) is 5.91 Å². The Balaban J connectivity index is 1.81. The van der Waals surface area contributed by atoms with Gasteiger partial charge >= 0.3 is 0 Å². The number of hydrogen-bond donors (Lipinski definition) is 1. The van der Waals surface area contributed by atoms with Crippen LogP contribution >= 0.6 is 0 Å². The minimum Gasteiger partial charge on any atom is -0.317 e. The molecule has 0 fully saturated rings. The molecule has 0 radical (unpaired) electrons. The third-order valence-corrected chi connectivity index (χ3v) is 4.12. The van der Waals surface area contributed by atoms with Gasteiger partial charge in [-0.1, -0.05) is 35.5 Å². The number of benzene rings is 1. The molecule has 0 aliphatic heterocycles. The molecule has 0 saturated carbocycles. The van der Waals surface area contributed by atoms with Crippen molar-refractivity contribution in [3.8, 4) is 0 Å². The van der Waals surface area contributed by atoms with E-state index >= 15 is 0 Å². The number of carbonyl (C=O) groups is 1. The molecule has 0 saturated heterocycles. The molecule has 3 rings (SSSR count). The van der Waals surface area contributed by atoms with Gasteiger partial charge in [-0.15, -0.1) is 5.10 Å². The molecule has 0 bridgehead atoms. The zero-order valence-corrected chi connectivity index (χ0v) is 14.2. The molecule has 7 nitrogen and oxygen atoms in total. The van der Waals surface area contributed by atoms with Gasteiger partial charge in [-0.3, -0.25) is 9.48 Å². The molecular weight excluding hydrogens is 304 g/mol. The van der Waals surface area contributed by atoms with Crippen LogP contribution in [0.15, 0.2) is 30.3 Å². The van der Waals surface area contributed by atoms with Crippen LogP contribution in [0.4, 0.5) is 5.69 Å². The van der Waals surface area contributed by atoms with Crippen LogP contribution in [0.2, 0.25) is 0 Å². The molecule has 24 heavy (non-hydrogen) atoms. The Morgan fingerprint density at radius 2 is 1.83 bits per heavy atom.